The van der Waals surface area contributed by atoms with Gasteiger partial charge in [-0.25, -0.2) is 0 Å². The number of rotatable bonds is 8. The van der Waals surface area contributed by atoms with Crippen LogP contribution in [0.3, 0.4) is 0 Å². The van der Waals surface area contributed by atoms with Crippen molar-refractivity contribution in [1.82, 2.24) is 0 Å². The maximum absolute atomic E-state index is 2.39. The molecule has 250 valence electrons. The minimum absolute atomic E-state index is 0. The minimum Gasteiger partial charge on any atom is -0.164 e. The molecule has 6 aromatic rings. The topological polar surface area (TPSA) is 0 Å². The van der Waals surface area contributed by atoms with Crippen LogP contribution in [0.15, 0.2) is 109 Å². The summed E-state index contributed by atoms with van der Waals surface area (Å²) in [4.78, 5) is 0. The van der Waals surface area contributed by atoms with Crippen LogP contribution in [-0.2, 0) is 38.7 Å². The van der Waals surface area contributed by atoms with E-state index in [-0.39, 0.29) is 25.8 Å². The van der Waals surface area contributed by atoms with E-state index < -0.39 is 0 Å². The summed E-state index contributed by atoms with van der Waals surface area (Å²) in [6.45, 7) is 22.5. The molecule has 0 N–H and O–H groups in total. The van der Waals surface area contributed by atoms with E-state index in [2.05, 4.69) is 178 Å². The first-order valence-electron chi connectivity index (χ1n) is 17.7. The molecule has 0 aliphatic carbocycles. The predicted molar refractivity (Wildman–Crippen MR) is 213 cm³/mol. The molecule has 0 aromatic heterocycles. The van der Waals surface area contributed by atoms with Gasteiger partial charge in [-0.1, -0.05) is 140 Å². The fourth-order valence-corrected chi connectivity index (χ4v) is 6.73. The molecule has 0 heterocycles. The van der Waals surface area contributed by atoms with E-state index in [0.717, 1.165) is 22.4 Å². The SMILES string of the molecule is CC(C)Cc1cc2c(-c3ccccc3C(C)C)cccc2[cH-]1.CC(C)Cc1cc2c(-c3ccccc3C(C)C)cccc2[cH-]1.C[Si]C.[Hf]. The van der Waals surface area contributed by atoms with Gasteiger partial charge in [0.15, 0.2) is 0 Å². The molecule has 0 saturated heterocycles. The molecule has 2 heteroatoms. The molecule has 0 amide bonds. The van der Waals surface area contributed by atoms with Crippen molar-refractivity contribution < 1.29 is 25.8 Å². The molecule has 48 heavy (non-hydrogen) atoms. The van der Waals surface area contributed by atoms with E-state index >= 15 is 0 Å². The average Bonchev–Trinajstić information content (AvgIpc) is 3.64. The van der Waals surface area contributed by atoms with E-state index in [9.17, 15) is 0 Å². The largest absolute Gasteiger partial charge is 0.164 e. The Bertz CT molecular complexity index is 1710. The monoisotopic (exact) mass is 816 g/mol. The molecule has 0 saturated carbocycles. The molecular weight excluding hydrogens is 759 g/mol. The molecule has 0 fully saturated rings. The maximum atomic E-state index is 2.39. The molecule has 0 unspecified atom stereocenters. The first kappa shape index (κ1) is 39.6. The van der Waals surface area contributed by atoms with Crippen molar-refractivity contribution in [2.24, 2.45) is 11.8 Å². The Labute approximate surface area is 313 Å². The Balaban J connectivity index is 0.000000236. The molecule has 0 atom stereocenters. The zero-order valence-corrected chi connectivity index (χ0v) is 35.7. The summed E-state index contributed by atoms with van der Waals surface area (Å²) in [5.74, 6) is 2.47. The quantitative estimate of drug-likeness (QED) is 0.106. The van der Waals surface area contributed by atoms with Crippen LogP contribution in [0, 0.1) is 11.8 Å². The summed E-state index contributed by atoms with van der Waals surface area (Å²) in [6.07, 6.45) is 2.31. The molecule has 6 rings (SSSR count). The predicted octanol–water partition coefficient (Wildman–Crippen LogP) is 13.9. The number of hydrogen-bond donors (Lipinski definition) is 0. The van der Waals surface area contributed by atoms with Crippen molar-refractivity contribution in [3.05, 3.63) is 131 Å². The van der Waals surface area contributed by atoms with Gasteiger partial charge >= 0.3 is 0 Å². The van der Waals surface area contributed by atoms with E-state index in [1.807, 2.05) is 0 Å². The van der Waals surface area contributed by atoms with Crippen molar-refractivity contribution in [3.8, 4) is 22.3 Å². The summed E-state index contributed by atoms with van der Waals surface area (Å²) in [7, 11) is 1.08. The molecule has 0 bridgehead atoms. The van der Waals surface area contributed by atoms with Gasteiger partial charge in [-0.15, -0.1) is 69.1 Å². The van der Waals surface area contributed by atoms with Crippen LogP contribution in [0.1, 0.15) is 89.5 Å². The first-order chi connectivity index (χ1) is 22.5. The van der Waals surface area contributed by atoms with Gasteiger partial charge in [-0.05, 0) is 58.8 Å². The van der Waals surface area contributed by atoms with Gasteiger partial charge in [0.2, 0.25) is 0 Å². The number of hydrogen-bond acceptors (Lipinski definition) is 0. The summed E-state index contributed by atoms with van der Waals surface area (Å²) in [5, 5.41) is 5.52. The Morgan fingerprint density at radius 2 is 0.812 bits per heavy atom. The Morgan fingerprint density at radius 3 is 1.15 bits per heavy atom. The third-order valence-electron chi connectivity index (χ3n) is 8.65. The molecule has 0 aliphatic rings. The third kappa shape index (κ3) is 10.1. The van der Waals surface area contributed by atoms with Gasteiger partial charge in [-0.2, -0.15) is 12.1 Å². The van der Waals surface area contributed by atoms with Crippen LogP contribution in [0.25, 0.3) is 43.8 Å². The average molecular weight is 816 g/mol. The summed E-state index contributed by atoms with van der Waals surface area (Å²) in [6, 6.07) is 40.5. The van der Waals surface area contributed by atoms with Gasteiger partial charge in [0.1, 0.15) is 0 Å². The van der Waals surface area contributed by atoms with E-state index in [1.165, 1.54) is 66.1 Å². The van der Waals surface area contributed by atoms with Crippen molar-refractivity contribution in [3.63, 3.8) is 0 Å². The second-order valence-electron chi connectivity index (χ2n) is 14.5. The van der Waals surface area contributed by atoms with Crippen LogP contribution < -0.4 is 0 Å². The van der Waals surface area contributed by atoms with Crippen molar-refractivity contribution in [2.45, 2.75) is 93.2 Å². The zero-order chi connectivity index (χ0) is 34.1. The molecule has 0 nitrogen and oxygen atoms in total. The van der Waals surface area contributed by atoms with Crippen LogP contribution in [0.4, 0.5) is 0 Å². The third-order valence-corrected chi connectivity index (χ3v) is 8.65. The van der Waals surface area contributed by atoms with Gasteiger partial charge in [0, 0.05) is 35.4 Å². The van der Waals surface area contributed by atoms with Crippen molar-refractivity contribution in [1.29, 1.82) is 0 Å². The van der Waals surface area contributed by atoms with Crippen LogP contribution in [-0.4, -0.2) is 9.52 Å². The fourth-order valence-electron chi connectivity index (χ4n) is 6.73. The van der Waals surface area contributed by atoms with Gasteiger partial charge < -0.3 is 0 Å². The Hall–Kier alpha value is -2.81. The summed E-state index contributed by atoms with van der Waals surface area (Å²) >= 11 is 0. The van der Waals surface area contributed by atoms with Crippen molar-refractivity contribution >= 4 is 31.1 Å². The molecule has 0 aliphatic heterocycles. The van der Waals surface area contributed by atoms with E-state index in [1.54, 1.807) is 0 Å². The van der Waals surface area contributed by atoms with E-state index in [0.29, 0.717) is 23.7 Å². The second-order valence-corrected chi connectivity index (χ2v) is 15.5. The summed E-state index contributed by atoms with van der Waals surface area (Å²) < 4.78 is 0. The van der Waals surface area contributed by atoms with Crippen LogP contribution in [0.2, 0.25) is 13.1 Å². The first-order valence-corrected chi connectivity index (χ1v) is 19.7. The van der Waals surface area contributed by atoms with Gasteiger partial charge in [-0.3, -0.25) is 0 Å². The van der Waals surface area contributed by atoms with Crippen LogP contribution in [0.5, 0.6) is 0 Å². The minimum atomic E-state index is 0. The zero-order valence-electron chi connectivity index (χ0n) is 31.1. The smallest absolute Gasteiger partial charge is 0.0307 e. The molecule has 2 radical (unpaired) electrons. The molecule has 0 spiro atoms. The molecule has 6 aromatic carbocycles. The van der Waals surface area contributed by atoms with Crippen molar-refractivity contribution in [2.75, 3.05) is 0 Å². The standard InChI is InChI=1S/2C22H25.C2H6Si.Hf/c2*1-15(2)12-17-13-18-8-7-11-21(22(18)14-17)20-10-6-5-9-19(20)16(3)4;1-3-2;/h2*5-11,13-16H,12H2,1-4H3;1-2H3;/q2*-1;;. The van der Waals surface area contributed by atoms with Crippen LogP contribution >= 0.6 is 0 Å². The number of benzene rings is 4. The number of fused-ring (bicyclic) bond motifs is 2. The normalized spacial score (nSPS) is 11.1. The maximum Gasteiger partial charge on any atom is 0.0307 e. The second kappa shape index (κ2) is 18.8. The molecular formula is C46H56HfSi-2. The fraction of sp³-hybridized carbons (Fsp3) is 0.348. The summed E-state index contributed by atoms with van der Waals surface area (Å²) in [5.41, 5.74) is 11.3. The van der Waals surface area contributed by atoms with E-state index in [4.69, 9.17) is 0 Å². The Kier molecular flexibility index (Phi) is 15.5. The van der Waals surface area contributed by atoms with Gasteiger partial charge in [0.05, 0.1) is 0 Å². The van der Waals surface area contributed by atoms with Gasteiger partial charge in [0.25, 0.3) is 0 Å². The Morgan fingerprint density at radius 1 is 0.479 bits per heavy atom.